The molecule has 0 saturated carbocycles. The quantitative estimate of drug-likeness (QED) is 0.220. The molecule has 0 bridgehead atoms. The summed E-state index contributed by atoms with van der Waals surface area (Å²) >= 11 is 0. The van der Waals surface area contributed by atoms with Gasteiger partial charge in [0.25, 0.3) is 10.0 Å². The van der Waals surface area contributed by atoms with Crippen LogP contribution in [0.25, 0.3) is 11.0 Å². The van der Waals surface area contributed by atoms with Gasteiger partial charge in [-0.2, -0.15) is 5.10 Å². The van der Waals surface area contributed by atoms with Crippen LogP contribution in [0.2, 0.25) is 0 Å². The topological polar surface area (TPSA) is 181 Å². The molecule has 4 N–H and O–H groups in total. The molecule has 0 aliphatic rings. The smallest absolute Gasteiger partial charge is 0.266 e. The zero-order valence-corrected chi connectivity index (χ0v) is 21.9. The highest BCUT2D eigenvalue weighted by molar-refractivity contribution is 7.92. The first-order valence-corrected chi connectivity index (χ1v) is 13.0. The van der Waals surface area contributed by atoms with Crippen molar-refractivity contribution in [1.29, 1.82) is 0 Å². The average molecular weight is 555 g/mol. The molecule has 204 valence electrons. The van der Waals surface area contributed by atoms with E-state index in [0.717, 1.165) is 11.1 Å². The fourth-order valence-corrected chi connectivity index (χ4v) is 4.93. The number of anilines is 1. The number of hydrogen-bond acceptors (Lipinski definition) is 9. The molecule has 39 heavy (non-hydrogen) atoms. The minimum Gasteiger partial charge on any atom is -0.496 e. The first kappa shape index (κ1) is 27.2. The second-order valence-corrected chi connectivity index (χ2v) is 10.1. The molecule has 2 heterocycles. The number of fused-ring (bicyclic) bond motifs is 1. The lowest BCUT2D eigenvalue weighted by molar-refractivity contribution is -0.122. The molecule has 2 amide bonds. The highest BCUT2D eigenvalue weighted by Crippen LogP contribution is 2.35. The summed E-state index contributed by atoms with van der Waals surface area (Å²) in [5.74, 6) is -0.616. The summed E-state index contributed by atoms with van der Waals surface area (Å²) in [6, 6.07) is 9.62. The van der Waals surface area contributed by atoms with Crippen LogP contribution in [0.1, 0.15) is 17.5 Å². The summed E-state index contributed by atoms with van der Waals surface area (Å²) in [7, 11) is -1.21. The van der Waals surface area contributed by atoms with Crippen LogP contribution in [0, 0.1) is 0 Å². The third kappa shape index (κ3) is 6.18. The fraction of sp³-hybridized carbons (Fsp3) is 0.200. The highest BCUT2D eigenvalue weighted by atomic mass is 32.2. The van der Waals surface area contributed by atoms with Crippen LogP contribution < -0.4 is 25.2 Å². The van der Waals surface area contributed by atoms with Crippen molar-refractivity contribution in [3.05, 3.63) is 72.1 Å². The second kappa shape index (κ2) is 11.3. The van der Waals surface area contributed by atoms with E-state index < -0.39 is 15.9 Å². The standard InChI is InChI=1S/C25H26N6O7S/c1-15(24(26)33)8-22(32)27-11-17-12-28-31(14-17)13-16-9-19(37-3)23-20(10-16)38-29-25(23)30-39(34,35)21-7-5-4-6-18(21)36-2/h4-7,9-10,12,14H,1,8,11,13H2,2-3H3,(H2,26,33)(H,27,32)(H,29,30). The van der Waals surface area contributed by atoms with Crippen molar-refractivity contribution < 1.29 is 32.0 Å². The lowest BCUT2D eigenvalue weighted by Crippen LogP contribution is -2.25. The Kier molecular flexibility index (Phi) is 7.85. The van der Waals surface area contributed by atoms with Gasteiger partial charge >= 0.3 is 0 Å². The molecule has 0 fully saturated rings. The molecule has 0 saturated heterocycles. The number of primary amides is 1. The number of amides is 2. The molecule has 0 radical (unpaired) electrons. The van der Waals surface area contributed by atoms with Crippen LogP contribution in [-0.4, -0.2) is 49.4 Å². The summed E-state index contributed by atoms with van der Waals surface area (Å²) in [6.07, 6.45) is 3.16. The minimum atomic E-state index is -4.05. The van der Waals surface area contributed by atoms with Crippen molar-refractivity contribution in [3.8, 4) is 11.5 Å². The molecule has 0 aliphatic heterocycles. The molecule has 2 aromatic carbocycles. The van der Waals surface area contributed by atoms with E-state index in [1.165, 1.54) is 26.4 Å². The van der Waals surface area contributed by atoms with Crippen LogP contribution in [0.15, 0.2) is 70.4 Å². The largest absolute Gasteiger partial charge is 0.496 e. The Labute approximate surface area is 223 Å². The van der Waals surface area contributed by atoms with E-state index in [1.807, 2.05) is 0 Å². The van der Waals surface area contributed by atoms with Gasteiger partial charge in [0.05, 0.1) is 33.4 Å². The van der Waals surface area contributed by atoms with E-state index in [4.69, 9.17) is 19.7 Å². The van der Waals surface area contributed by atoms with Gasteiger partial charge < -0.3 is 25.0 Å². The number of nitrogens with zero attached hydrogens (tertiary/aromatic N) is 3. The maximum Gasteiger partial charge on any atom is 0.266 e. The van der Waals surface area contributed by atoms with Gasteiger partial charge in [-0.25, -0.2) is 8.42 Å². The van der Waals surface area contributed by atoms with Gasteiger partial charge in [0.2, 0.25) is 11.8 Å². The number of carbonyl (C=O) groups is 2. The Hall–Kier alpha value is -4.85. The van der Waals surface area contributed by atoms with E-state index in [2.05, 4.69) is 26.9 Å². The van der Waals surface area contributed by atoms with Crippen LogP contribution in [0.4, 0.5) is 5.82 Å². The molecule has 14 heteroatoms. The SMILES string of the molecule is C=C(CC(=O)NCc1cnn(Cc2cc(OC)c3c(NS(=O)(=O)c4ccccc4OC)noc3c2)c1)C(N)=O. The third-order valence-electron chi connectivity index (χ3n) is 5.65. The molecule has 0 unspecified atom stereocenters. The molecule has 0 spiro atoms. The Balaban J connectivity index is 1.50. The van der Waals surface area contributed by atoms with Crippen LogP contribution in [0.5, 0.6) is 11.5 Å². The van der Waals surface area contributed by atoms with Gasteiger partial charge in [-0.3, -0.25) is 19.0 Å². The molecule has 0 atom stereocenters. The lowest BCUT2D eigenvalue weighted by Gasteiger charge is -2.11. The molecule has 13 nitrogen and oxygen atoms in total. The van der Waals surface area contributed by atoms with Crippen LogP contribution >= 0.6 is 0 Å². The maximum atomic E-state index is 13.0. The molecule has 0 aliphatic carbocycles. The Morgan fingerprint density at radius 2 is 1.87 bits per heavy atom. The van der Waals surface area contributed by atoms with Gasteiger partial charge in [-0.15, -0.1) is 0 Å². The molecule has 4 rings (SSSR count). The monoisotopic (exact) mass is 554 g/mol. The molecule has 4 aromatic rings. The van der Waals surface area contributed by atoms with E-state index in [9.17, 15) is 18.0 Å². The summed E-state index contributed by atoms with van der Waals surface area (Å²) in [6.45, 7) is 3.98. The van der Waals surface area contributed by atoms with Gasteiger partial charge in [0.15, 0.2) is 11.4 Å². The number of benzene rings is 2. The molecular weight excluding hydrogens is 528 g/mol. The number of carbonyl (C=O) groups excluding carboxylic acids is 2. The number of nitrogens with one attached hydrogen (secondary N) is 2. The minimum absolute atomic E-state index is 0.0238. The van der Waals surface area contributed by atoms with Crippen LogP contribution in [0.3, 0.4) is 0 Å². The number of ether oxygens (including phenoxy) is 2. The van der Waals surface area contributed by atoms with Crippen molar-refractivity contribution >= 4 is 38.6 Å². The number of rotatable bonds is 12. The Morgan fingerprint density at radius 3 is 2.59 bits per heavy atom. The van der Waals surface area contributed by atoms with E-state index in [0.29, 0.717) is 23.3 Å². The number of methoxy groups -OCH3 is 2. The third-order valence-corrected chi connectivity index (χ3v) is 7.03. The highest BCUT2D eigenvalue weighted by Gasteiger charge is 2.24. The van der Waals surface area contributed by atoms with Gasteiger partial charge in [-0.05, 0) is 29.8 Å². The maximum absolute atomic E-state index is 13.0. The van der Waals surface area contributed by atoms with E-state index in [-0.39, 0.29) is 40.9 Å². The summed E-state index contributed by atoms with van der Waals surface area (Å²) in [4.78, 5) is 22.9. The number of sulfonamides is 1. The first-order valence-electron chi connectivity index (χ1n) is 11.5. The van der Waals surface area contributed by atoms with Crippen molar-refractivity contribution in [3.63, 3.8) is 0 Å². The van der Waals surface area contributed by atoms with Gasteiger partial charge in [-0.1, -0.05) is 23.9 Å². The zero-order valence-electron chi connectivity index (χ0n) is 21.1. The molecular formula is C25H26N6O7S. The molecule has 2 aromatic heterocycles. The van der Waals surface area contributed by atoms with Gasteiger partial charge in [0, 0.05) is 23.9 Å². The average Bonchev–Trinajstić information content (AvgIpc) is 3.53. The Bertz CT molecular complexity index is 1660. The lowest BCUT2D eigenvalue weighted by atomic mass is 10.1. The zero-order chi connectivity index (χ0) is 28.2. The van der Waals surface area contributed by atoms with Crippen molar-refractivity contribution in [2.75, 3.05) is 18.9 Å². The fourth-order valence-electron chi connectivity index (χ4n) is 3.75. The number of nitrogens with two attached hydrogens (primary N) is 1. The number of aromatic nitrogens is 3. The van der Waals surface area contributed by atoms with Gasteiger partial charge in [0.1, 0.15) is 21.8 Å². The predicted octanol–water partition coefficient (Wildman–Crippen LogP) is 1.94. The summed E-state index contributed by atoms with van der Waals surface area (Å²) in [5.41, 5.74) is 6.90. The van der Waals surface area contributed by atoms with E-state index in [1.54, 1.807) is 41.3 Å². The summed E-state index contributed by atoms with van der Waals surface area (Å²) in [5, 5.41) is 11.2. The number of hydrogen-bond donors (Lipinski definition) is 3. The Morgan fingerprint density at radius 1 is 1.13 bits per heavy atom. The van der Waals surface area contributed by atoms with Crippen molar-refractivity contribution in [1.82, 2.24) is 20.3 Å². The number of para-hydroxylation sites is 1. The summed E-state index contributed by atoms with van der Waals surface area (Å²) < 4.78 is 46.3. The van der Waals surface area contributed by atoms with E-state index >= 15 is 0 Å². The first-order chi connectivity index (χ1) is 18.6. The second-order valence-electron chi connectivity index (χ2n) is 8.43. The van der Waals surface area contributed by atoms with Crippen molar-refractivity contribution in [2.45, 2.75) is 24.4 Å². The predicted molar refractivity (Wildman–Crippen MR) is 140 cm³/mol. The van der Waals surface area contributed by atoms with Crippen molar-refractivity contribution in [2.24, 2.45) is 5.73 Å². The van der Waals surface area contributed by atoms with Crippen LogP contribution in [-0.2, 0) is 32.7 Å². The normalized spacial score (nSPS) is 11.2.